The minimum atomic E-state index is -1.17. The Hall–Kier alpha value is -2.53. The van der Waals surface area contributed by atoms with Crippen LogP contribution < -0.4 is 0 Å². The average molecular weight is 329 g/mol. The highest BCUT2D eigenvalue weighted by atomic mass is 16.7. The van der Waals surface area contributed by atoms with E-state index in [0.29, 0.717) is 0 Å². The molecule has 1 saturated heterocycles. The molecule has 23 heavy (non-hydrogen) atoms. The van der Waals surface area contributed by atoms with Gasteiger partial charge in [-0.25, -0.2) is 0 Å². The third kappa shape index (κ3) is 3.46. The average Bonchev–Trinajstić information content (AvgIpc) is 3.04. The van der Waals surface area contributed by atoms with Crippen LogP contribution >= 0.6 is 0 Å². The summed E-state index contributed by atoms with van der Waals surface area (Å²) in [6.45, 7) is 1.75. The normalized spacial score (nSPS) is 26.7. The fourth-order valence-corrected chi connectivity index (χ4v) is 2.38. The Morgan fingerprint density at radius 2 is 2.00 bits per heavy atom. The lowest BCUT2D eigenvalue weighted by molar-refractivity contribution is -0.398. The summed E-state index contributed by atoms with van der Waals surface area (Å²) < 4.78 is 16.7. The summed E-state index contributed by atoms with van der Waals surface area (Å²) in [5, 5.41) is 20.4. The van der Waals surface area contributed by atoms with Gasteiger partial charge in [0.25, 0.3) is 0 Å². The number of aliphatic hydroxyl groups excluding tert-OH is 1. The van der Waals surface area contributed by atoms with E-state index in [1.807, 2.05) is 0 Å². The van der Waals surface area contributed by atoms with Gasteiger partial charge in [-0.2, -0.15) is 4.57 Å². The molecule has 1 aliphatic rings. The van der Waals surface area contributed by atoms with Gasteiger partial charge in [0.2, 0.25) is 6.23 Å². The van der Waals surface area contributed by atoms with Gasteiger partial charge in [-0.1, -0.05) is 4.98 Å². The maximum Gasteiger partial charge on any atom is 0.436 e. The van der Waals surface area contributed by atoms with E-state index in [0.717, 1.165) is 18.4 Å². The summed E-state index contributed by atoms with van der Waals surface area (Å²) in [6.07, 6.45) is -1.99. The van der Waals surface area contributed by atoms with E-state index in [2.05, 4.69) is 4.98 Å². The summed E-state index contributed by atoms with van der Waals surface area (Å²) in [5.41, 5.74) is 0. The van der Waals surface area contributed by atoms with E-state index in [1.54, 1.807) is 0 Å². The largest absolute Gasteiger partial charge is 0.455 e. The molecule has 1 aromatic rings. The van der Waals surface area contributed by atoms with E-state index in [1.165, 1.54) is 12.4 Å². The molecule has 0 bridgehead atoms. The monoisotopic (exact) mass is 329 g/mol. The lowest BCUT2D eigenvalue weighted by Gasteiger charge is -2.22. The molecule has 0 aromatic carbocycles. The third-order valence-corrected chi connectivity index (χ3v) is 3.16. The van der Waals surface area contributed by atoms with E-state index in [-0.39, 0.29) is 0 Å². The summed E-state index contributed by atoms with van der Waals surface area (Å²) in [4.78, 5) is 36.4. The first-order valence-electron chi connectivity index (χ1n) is 6.63. The molecule has 1 aromatic heterocycles. The van der Waals surface area contributed by atoms with Crippen molar-refractivity contribution < 1.29 is 33.8 Å². The number of carbonyl (C=O) groups excluding carboxylic acids is 2. The molecule has 0 radical (unpaired) electrons. The highest BCUT2D eigenvalue weighted by molar-refractivity contribution is 5.67. The summed E-state index contributed by atoms with van der Waals surface area (Å²) in [7, 11) is 0. The summed E-state index contributed by atoms with van der Waals surface area (Å²) in [5.74, 6) is -1.90. The summed E-state index contributed by atoms with van der Waals surface area (Å²) >= 11 is 0. The second-order valence-electron chi connectivity index (χ2n) is 4.79. The number of nitro groups is 1. The first kappa shape index (κ1) is 16.8. The van der Waals surface area contributed by atoms with E-state index in [4.69, 9.17) is 14.2 Å². The Morgan fingerprint density at radius 3 is 2.52 bits per heavy atom. The van der Waals surface area contributed by atoms with Crippen LogP contribution in [0.2, 0.25) is 0 Å². The molecule has 0 saturated carbocycles. The molecular formula is C12H15N3O8. The number of hydrogen-bond acceptors (Lipinski definition) is 9. The molecule has 0 amide bonds. The van der Waals surface area contributed by atoms with Crippen LogP contribution in [-0.4, -0.2) is 56.4 Å². The van der Waals surface area contributed by atoms with Crippen molar-refractivity contribution in [2.45, 2.75) is 38.4 Å². The number of rotatable bonds is 5. The minimum Gasteiger partial charge on any atom is -0.455 e. The molecule has 2 heterocycles. The second-order valence-corrected chi connectivity index (χ2v) is 4.79. The van der Waals surface area contributed by atoms with Crippen molar-refractivity contribution >= 4 is 17.9 Å². The molecule has 4 atom stereocenters. The van der Waals surface area contributed by atoms with E-state index < -0.39 is 54.0 Å². The van der Waals surface area contributed by atoms with Gasteiger partial charge in [0, 0.05) is 13.8 Å². The maximum absolute atomic E-state index is 11.3. The van der Waals surface area contributed by atoms with Crippen molar-refractivity contribution in [3.8, 4) is 0 Å². The number of imidazole rings is 1. The molecule has 2 rings (SSSR count). The molecule has 11 nitrogen and oxygen atoms in total. The number of aromatic nitrogens is 2. The first-order chi connectivity index (χ1) is 10.8. The standard InChI is InChI=1S/C12H15N3O8/c1-6(17)21-9-8(5-16)23-11(10(9)22-7(2)18)14-4-3-13-12(14)15(19)20/h3-4,8-11,16H,5H2,1-2H3/t8-,9-,10+,11?/m1/s1. The molecule has 11 heteroatoms. The Morgan fingerprint density at radius 1 is 1.39 bits per heavy atom. The zero-order valence-electron chi connectivity index (χ0n) is 12.3. The number of nitrogens with zero attached hydrogens (tertiary/aromatic N) is 3. The van der Waals surface area contributed by atoms with Crippen molar-refractivity contribution in [2.24, 2.45) is 0 Å². The van der Waals surface area contributed by atoms with Gasteiger partial charge in [-0.3, -0.25) is 9.59 Å². The van der Waals surface area contributed by atoms with Gasteiger partial charge in [-0.05, 0) is 4.92 Å². The highest BCUT2D eigenvalue weighted by Crippen LogP contribution is 2.35. The van der Waals surface area contributed by atoms with E-state index >= 15 is 0 Å². The molecule has 1 fully saturated rings. The zero-order chi connectivity index (χ0) is 17.1. The van der Waals surface area contributed by atoms with Crippen LogP contribution in [0.5, 0.6) is 0 Å². The lowest BCUT2D eigenvalue weighted by atomic mass is 10.1. The minimum absolute atomic E-state index is 0.533. The maximum atomic E-state index is 11.3. The van der Waals surface area contributed by atoms with Crippen LogP contribution in [0, 0.1) is 10.1 Å². The Balaban J connectivity index is 2.39. The zero-order valence-corrected chi connectivity index (χ0v) is 12.3. The predicted molar refractivity (Wildman–Crippen MR) is 71.0 cm³/mol. The molecular weight excluding hydrogens is 314 g/mol. The van der Waals surface area contributed by atoms with Gasteiger partial charge in [0.05, 0.1) is 6.61 Å². The number of aliphatic hydroxyl groups is 1. The van der Waals surface area contributed by atoms with Crippen LogP contribution in [0.3, 0.4) is 0 Å². The van der Waals surface area contributed by atoms with Crippen molar-refractivity contribution in [3.05, 3.63) is 22.5 Å². The van der Waals surface area contributed by atoms with Crippen LogP contribution in [0.25, 0.3) is 0 Å². The fourth-order valence-electron chi connectivity index (χ4n) is 2.38. The van der Waals surface area contributed by atoms with Crippen LogP contribution in [0.1, 0.15) is 20.1 Å². The molecule has 0 spiro atoms. The van der Waals surface area contributed by atoms with Crippen molar-refractivity contribution in [2.75, 3.05) is 6.61 Å². The number of ether oxygens (including phenoxy) is 3. The van der Waals surface area contributed by atoms with Crippen LogP contribution in [-0.2, 0) is 23.8 Å². The molecule has 1 unspecified atom stereocenters. The second kappa shape index (κ2) is 6.71. The van der Waals surface area contributed by atoms with Gasteiger partial charge < -0.3 is 29.4 Å². The van der Waals surface area contributed by atoms with Crippen molar-refractivity contribution in [1.82, 2.24) is 9.55 Å². The number of carbonyl (C=O) groups is 2. The lowest BCUT2D eigenvalue weighted by Crippen LogP contribution is -2.40. The summed E-state index contributed by atoms with van der Waals surface area (Å²) in [6, 6.07) is 0. The Bertz CT molecular complexity index is 615. The highest BCUT2D eigenvalue weighted by Gasteiger charge is 2.52. The fraction of sp³-hybridized carbons (Fsp3) is 0.583. The van der Waals surface area contributed by atoms with Gasteiger partial charge in [0.15, 0.2) is 12.2 Å². The SMILES string of the molecule is CC(=O)O[C@H]1[C@H](OC(C)=O)C(n2ccnc2[N+](=O)[O-])O[C@@H]1CO. The first-order valence-corrected chi connectivity index (χ1v) is 6.63. The number of hydrogen-bond donors (Lipinski definition) is 1. The molecule has 126 valence electrons. The van der Waals surface area contributed by atoms with Crippen molar-refractivity contribution in [3.63, 3.8) is 0 Å². The molecule has 0 aliphatic carbocycles. The molecule has 1 aliphatic heterocycles. The smallest absolute Gasteiger partial charge is 0.436 e. The molecule has 1 N–H and O–H groups in total. The van der Waals surface area contributed by atoms with Crippen molar-refractivity contribution in [1.29, 1.82) is 0 Å². The van der Waals surface area contributed by atoms with Crippen LogP contribution in [0.15, 0.2) is 12.4 Å². The van der Waals surface area contributed by atoms with Gasteiger partial charge in [-0.15, -0.1) is 0 Å². The van der Waals surface area contributed by atoms with E-state index in [9.17, 15) is 24.8 Å². The predicted octanol–water partition coefficient (Wildman–Crippen LogP) is -0.456. The Labute approximate surface area is 129 Å². The number of esters is 2. The van der Waals surface area contributed by atoms with Crippen LogP contribution in [0.4, 0.5) is 5.95 Å². The van der Waals surface area contributed by atoms with Gasteiger partial charge in [0.1, 0.15) is 18.5 Å². The third-order valence-electron chi connectivity index (χ3n) is 3.16. The quantitative estimate of drug-likeness (QED) is 0.431. The van der Waals surface area contributed by atoms with Gasteiger partial charge >= 0.3 is 17.9 Å². The Kier molecular flexibility index (Phi) is 4.91. The topological polar surface area (TPSA) is 143 Å².